The van der Waals surface area contributed by atoms with Gasteiger partial charge in [-0.05, 0) is 32.0 Å². The van der Waals surface area contributed by atoms with E-state index in [0.29, 0.717) is 32.5 Å². The van der Waals surface area contributed by atoms with Gasteiger partial charge in [0.15, 0.2) is 10.1 Å². The van der Waals surface area contributed by atoms with E-state index < -0.39 is 6.10 Å². The van der Waals surface area contributed by atoms with Gasteiger partial charge in [-0.1, -0.05) is 27.7 Å². The van der Waals surface area contributed by atoms with Crippen molar-refractivity contribution in [3.8, 4) is 0 Å². The van der Waals surface area contributed by atoms with Gasteiger partial charge in [-0.3, -0.25) is 18.6 Å². The van der Waals surface area contributed by atoms with Crippen molar-refractivity contribution in [3.63, 3.8) is 0 Å². The van der Waals surface area contributed by atoms with Crippen LogP contribution in [0.25, 0.3) is 15.9 Å². The van der Waals surface area contributed by atoms with E-state index in [-0.39, 0.29) is 17.7 Å². The maximum Gasteiger partial charge on any atom is 0.262 e. The fourth-order valence-corrected chi connectivity index (χ4v) is 5.17. The third-order valence-electron chi connectivity index (χ3n) is 4.31. The zero-order valence-corrected chi connectivity index (χ0v) is 18.8. The summed E-state index contributed by atoms with van der Waals surface area (Å²) in [6.45, 7) is 3.63. The van der Waals surface area contributed by atoms with Gasteiger partial charge in [0, 0.05) is 27.4 Å². The molecule has 0 bridgehead atoms. The Bertz CT molecular complexity index is 1340. The number of hydrogen-bond acceptors (Lipinski definition) is 7. The van der Waals surface area contributed by atoms with Crippen LogP contribution in [0.1, 0.15) is 18.3 Å². The number of benzene rings is 1. The normalized spacial score (nSPS) is 12.7. The van der Waals surface area contributed by atoms with Crippen molar-refractivity contribution in [3.05, 3.63) is 66.2 Å². The quantitative estimate of drug-likeness (QED) is 0.339. The van der Waals surface area contributed by atoms with E-state index in [0.717, 1.165) is 10.2 Å². The van der Waals surface area contributed by atoms with Crippen LogP contribution in [-0.2, 0) is 12.3 Å². The van der Waals surface area contributed by atoms with Crippen molar-refractivity contribution in [2.75, 3.05) is 0 Å². The monoisotopic (exact) mass is 492 g/mol. The van der Waals surface area contributed by atoms with Crippen molar-refractivity contribution in [1.82, 2.24) is 18.9 Å². The Morgan fingerprint density at radius 3 is 2.83 bits per heavy atom. The average Bonchev–Trinajstić information content (AvgIpc) is 3.04. The largest absolute Gasteiger partial charge is 0.392 e. The first-order valence-corrected chi connectivity index (χ1v) is 11.5. The van der Waals surface area contributed by atoms with Crippen molar-refractivity contribution >= 4 is 54.9 Å². The van der Waals surface area contributed by atoms with Crippen LogP contribution in [0.2, 0.25) is 0 Å². The molecule has 0 fully saturated rings. The number of rotatable bonds is 5. The first-order chi connectivity index (χ1) is 13.8. The topological polar surface area (TPSA) is 89.5 Å². The van der Waals surface area contributed by atoms with Crippen LogP contribution in [0.4, 0.5) is 0 Å². The van der Waals surface area contributed by atoms with Crippen LogP contribution in [0.15, 0.2) is 48.9 Å². The molecule has 0 spiro atoms. The molecular formula is C19H17BrN4O3S2. The summed E-state index contributed by atoms with van der Waals surface area (Å²) in [6, 6.07) is 6.85. The number of nitrogens with zero attached hydrogens (tertiary/aromatic N) is 4. The Balaban J connectivity index is 1.74. The summed E-state index contributed by atoms with van der Waals surface area (Å²) in [4.78, 5) is 35.2. The molecule has 0 aliphatic carbocycles. The van der Waals surface area contributed by atoms with E-state index in [4.69, 9.17) is 0 Å². The maximum atomic E-state index is 13.0. The lowest BCUT2D eigenvalue weighted by molar-refractivity contribution is 0.168. The molecule has 3 aromatic heterocycles. The summed E-state index contributed by atoms with van der Waals surface area (Å²) in [7, 11) is 0. The zero-order chi connectivity index (χ0) is 20.7. The van der Waals surface area contributed by atoms with Gasteiger partial charge in [0.05, 0.1) is 29.2 Å². The molecule has 29 heavy (non-hydrogen) atoms. The second kappa shape index (κ2) is 8.02. The standard InChI is InChI=1S/C19H17BrN4O3S2/c1-10-8-28-19-21-13(6-16(26)24(10)19)9-29-18-22-15-4-3-12(20)5-14(15)17(27)23(18)7-11(2)25/h3-6,8,11,25H,7,9H2,1-2H3. The molecule has 0 radical (unpaired) electrons. The van der Waals surface area contributed by atoms with Gasteiger partial charge in [0.1, 0.15) is 0 Å². The van der Waals surface area contributed by atoms with Gasteiger partial charge in [0.25, 0.3) is 11.1 Å². The fraction of sp³-hybridized carbons (Fsp3) is 0.263. The lowest BCUT2D eigenvalue weighted by atomic mass is 10.2. The SMILES string of the molecule is Cc1csc2nc(CSc3nc4ccc(Br)cc4c(=O)n3CC(C)O)cc(=O)n12. The van der Waals surface area contributed by atoms with Crippen molar-refractivity contribution in [1.29, 1.82) is 0 Å². The summed E-state index contributed by atoms with van der Waals surface area (Å²) in [5, 5.41) is 12.7. The lowest BCUT2D eigenvalue weighted by Crippen LogP contribution is -2.28. The van der Waals surface area contributed by atoms with E-state index in [1.165, 1.54) is 33.7 Å². The number of thiazole rings is 1. The summed E-state index contributed by atoms with van der Waals surface area (Å²) in [5.74, 6) is 0.386. The molecule has 1 N–H and O–H groups in total. The highest BCUT2D eigenvalue weighted by Gasteiger charge is 2.15. The number of aliphatic hydroxyl groups is 1. The molecule has 1 unspecified atom stereocenters. The predicted molar refractivity (Wildman–Crippen MR) is 119 cm³/mol. The van der Waals surface area contributed by atoms with Crippen LogP contribution in [0.5, 0.6) is 0 Å². The first kappa shape index (κ1) is 20.3. The number of hydrogen-bond donors (Lipinski definition) is 1. The molecule has 0 saturated heterocycles. The number of aliphatic hydroxyl groups excluding tert-OH is 1. The first-order valence-electron chi connectivity index (χ1n) is 8.81. The van der Waals surface area contributed by atoms with Gasteiger partial charge in [-0.25, -0.2) is 9.97 Å². The molecule has 0 aliphatic rings. The number of halogens is 1. The van der Waals surface area contributed by atoms with Crippen molar-refractivity contribution in [2.45, 2.75) is 37.4 Å². The van der Waals surface area contributed by atoms with Gasteiger partial charge in [0.2, 0.25) is 0 Å². The van der Waals surface area contributed by atoms with Gasteiger partial charge < -0.3 is 5.11 Å². The van der Waals surface area contributed by atoms with Gasteiger partial charge in [-0.15, -0.1) is 11.3 Å². The molecule has 0 aliphatic heterocycles. The summed E-state index contributed by atoms with van der Waals surface area (Å²) in [5.41, 5.74) is 1.73. The Kier molecular flexibility index (Phi) is 5.60. The number of aromatic nitrogens is 4. The van der Waals surface area contributed by atoms with Gasteiger partial charge >= 0.3 is 0 Å². The summed E-state index contributed by atoms with van der Waals surface area (Å²) in [6.07, 6.45) is -0.702. The molecule has 3 heterocycles. The third-order valence-corrected chi connectivity index (χ3v) is 6.75. The number of aryl methyl sites for hydroxylation is 1. The molecule has 0 saturated carbocycles. The molecule has 1 aromatic carbocycles. The Labute approximate surface area is 182 Å². The van der Waals surface area contributed by atoms with E-state index >= 15 is 0 Å². The van der Waals surface area contributed by atoms with Crippen LogP contribution in [0, 0.1) is 6.92 Å². The average molecular weight is 493 g/mol. The third kappa shape index (κ3) is 4.02. The highest BCUT2D eigenvalue weighted by molar-refractivity contribution is 9.10. The lowest BCUT2D eigenvalue weighted by Gasteiger charge is -2.14. The van der Waals surface area contributed by atoms with Crippen LogP contribution >= 0.6 is 39.0 Å². The molecule has 7 nitrogen and oxygen atoms in total. The summed E-state index contributed by atoms with van der Waals surface area (Å²) < 4.78 is 3.84. The number of fused-ring (bicyclic) bond motifs is 2. The fourth-order valence-electron chi connectivity index (χ4n) is 3.02. The van der Waals surface area contributed by atoms with Crippen molar-refractivity contribution < 1.29 is 5.11 Å². The minimum absolute atomic E-state index is 0.123. The highest BCUT2D eigenvalue weighted by Crippen LogP contribution is 2.23. The molecule has 10 heteroatoms. The molecule has 1 atom stereocenters. The zero-order valence-electron chi connectivity index (χ0n) is 15.6. The Morgan fingerprint density at radius 1 is 1.28 bits per heavy atom. The van der Waals surface area contributed by atoms with Crippen LogP contribution < -0.4 is 11.1 Å². The second-order valence-corrected chi connectivity index (χ2v) is 9.38. The Morgan fingerprint density at radius 2 is 2.07 bits per heavy atom. The second-order valence-electron chi connectivity index (χ2n) is 6.69. The summed E-state index contributed by atoms with van der Waals surface area (Å²) >= 11 is 6.12. The minimum atomic E-state index is -0.702. The maximum absolute atomic E-state index is 13.0. The van der Waals surface area contributed by atoms with Crippen LogP contribution in [0.3, 0.4) is 0 Å². The van der Waals surface area contributed by atoms with E-state index in [2.05, 4.69) is 25.9 Å². The highest BCUT2D eigenvalue weighted by atomic mass is 79.9. The molecule has 0 amide bonds. The van der Waals surface area contributed by atoms with E-state index in [1.54, 1.807) is 23.5 Å². The smallest absolute Gasteiger partial charge is 0.262 e. The van der Waals surface area contributed by atoms with Gasteiger partial charge in [-0.2, -0.15) is 0 Å². The molecule has 150 valence electrons. The van der Waals surface area contributed by atoms with Crippen molar-refractivity contribution in [2.24, 2.45) is 0 Å². The molecule has 4 aromatic rings. The molecule has 4 rings (SSSR count). The minimum Gasteiger partial charge on any atom is -0.392 e. The van der Waals surface area contributed by atoms with E-state index in [9.17, 15) is 14.7 Å². The molecular weight excluding hydrogens is 476 g/mol. The Hall–Kier alpha value is -2.01. The number of thioether (sulfide) groups is 1. The predicted octanol–water partition coefficient (Wildman–Crippen LogP) is 3.21. The van der Waals surface area contributed by atoms with Crippen LogP contribution in [-0.4, -0.2) is 30.1 Å². The van der Waals surface area contributed by atoms with E-state index in [1.807, 2.05) is 18.4 Å².